The van der Waals surface area contributed by atoms with Gasteiger partial charge in [-0.25, -0.2) is 13.2 Å². The van der Waals surface area contributed by atoms with Crippen LogP contribution >= 0.6 is 11.3 Å². The minimum absolute atomic E-state index is 0.0979. The predicted octanol–water partition coefficient (Wildman–Crippen LogP) is 7.29. The minimum atomic E-state index is -6.18. The normalized spacial score (nSPS) is 16.4. The maximum Gasteiger partial charge on any atom is 0.501 e. The number of hydrogen-bond acceptors (Lipinski definition) is 10. The Balaban J connectivity index is 1.98. The number of rotatable bonds is 12. The predicted molar refractivity (Wildman–Crippen MR) is 140 cm³/mol. The first kappa shape index (κ1) is 34.3. The van der Waals surface area contributed by atoms with E-state index >= 15 is 0 Å². The Morgan fingerprint density at radius 1 is 1.09 bits per heavy atom. The standard InChI is InChI=1S/C23H26F8N6O4S2/c1-3-5-6-9-37-14(4-2)8-7-13-10-15(16(11-17(13)37)36-43(39,40)12-21(24,25)26)32-34-20-35-33-18(42-20)19(38)41-23(30,31)22(27,28)29/h10-11,14,36H,3-9,12H2,1-2H3. The van der Waals surface area contributed by atoms with E-state index in [-0.39, 0.29) is 28.8 Å². The van der Waals surface area contributed by atoms with Crippen LogP contribution in [-0.4, -0.2) is 61.4 Å². The molecule has 1 aliphatic heterocycles. The summed E-state index contributed by atoms with van der Waals surface area (Å²) in [5.41, 5.74) is 0.711. The van der Waals surface area contributed by atoms with E-state index in [1.54, 1.807) is 0 Å². The Bertz CT molecular complexity index is 1430. The van der Waals surface area contributed by atoms with Gasteiger partial charge in [0.25, 0.3) is 5.13 Å². The van der Waals surface area contributed by atoms with Crippen molar-refractivity contribution in [2.45, 2.75) is 76.9 Å². The number of carbonyl (C=O) groups is 1. The molecule has 0 aliphatic carbocycles. The van der Waals surface area contributed by atoms with E-state index in [1.165, 1.54) is 12.1 Å². The van der Waals surface area contributed by atoms with Gasteiger partial charge in [-0.3, -0.25) is 4.72 Å². The number of carbonyl (C=O) groups excluding carboxylic acids is 1. The maximum absolute atomic E-state index is 13.0. The monoisotopic (exact) mass is 666 g/mol. The number of sulfonamides is 1. The second-order valence-corrected chi connectivity index (χ2v) is 12.1. The topological polar surface area (TPSA) is 126 Å². The number of aryl methyl sites for hydroxylation is 1. The Hall–Kier alpha value is -3.16. The molecule has 20 heteroatoms. The number of hydrogen-bond donors (Lipinski definition) is 1. The smallest absolute Gasteiger partial charge is 0.388 e. The largest absolute Gasteiger partial charge is 0.501 e. The quantitative estimate of drug-likeness (QED) is 0.109. The highest BCUT2D eigenvalue weighted by Crippen LogP contribution is 2.41. The van der Waals surface area contributed by atoms with Gasteiger partial charge in [0.2, 0.25) is 15.0 Å². The molecule has 0 saturated heterocycles. The number of anilines is 2. The molecule has 1 aromatic heterocycles. The summed E-state index contributed by atoms with van der Waals surface area (Å²) in [6.07, 6.45) is -12.3. The van der Waals surface area contributed by atoms with Gasteiger partial charge in [0.05, 0.1) is 5.69 Å². The number of fused-ring (bicyclic) bond motifs is 1. The summed E-state index contributed by atoms with van der Waals surface area (Å²) in [7, 11) is -4.96. The molecular weight excluding hydrogens is 640 g/mol. The summed E-state index contributed by atoms with van der Waals surface area (Å²) in [5.74, 6) is -4.33. The maximum atomic E-state index is 13.0. The molecule has 0 bridgehead atoms. The van der Waals surface area contributed by atoms with Gasteiger partial charge < -0.3 is 9.64 Å². The third-order valence-electron chi connectivity index (χ3n) is 6.17. The van der Waals surface area contributed by atoms with Crippen LogP contribution in [0.1, 0.15) is 61.3 Å². The highest BCUT2D eigenvalue weighted by molar-refractivity contribution is 7.92. The zero-order valence-electron chi connectivity index (χ0n) is 22.6. The van der Waals surface area contributed by atoms with E-state index in [2.05, 4.69) is 30.1 Å². The molecule has 1 aliphatic rings. The SMILES string of the molecule is CCCCCN1c2cc(NS(=O)(=O)CC(F)(F)F)c(N=Nc3nnc(C(=O)OC(F)(F)C(F)(F)F)s3)cc2CCC1CC. The van der Waals surface area contributed by atoms with Crippen molar-refractivity contribution in [3.8, 4) is 0 Å². The number of alkyl halides is 8. The molecule has 240 valence electrons. The first-order valence-electron chi connectivity index (χ1n) is 12.8. The molecular formula is C23H26F8N6O4S2. The molecule has 0 fully saturated rings. The molecule has 43 heavy (non-hydrogen) atoms. The Kier molecular flexibility index (Phi) is 10.6. The number of benzene rings is 1. The fourth-order valence-corrected chi connectivity index (χ4v) is 5.80. The number of esters is 1. The summed E-state index contributed by atoms with van der Waals surface area (Å²) in [6, 6.07) is 2.87. The van der Waals surface area contributed by atoms with Crippen molar-refractivity contribution in [1.82, 2.24) is 10.2 Å². The average molecular weight is 667 g/mol. The van der Waals surface area contributed by atoms with E-state index in [4.69, 9.17) is 0 Å². The lowest BCUT2D eigenvalue weighted by Gasteiger charge is -2.39. The van der Waals surface area contributed by atoms with Crippen LogP contribution in [0.4, 0.5) is 57.3 Å². The molecule has 1 N–H and O–H groups in total. The third-order valence-corrected chi connectivity index (χ3v) is 8.20. The lowest BCUT2D eigenvalue weighted by Crippen LogP contribution is -2.40. The average Bonchev–Trinajstić information content (AvgIpc) is 3.34. The lowest BCUT2D eigenvalue weighted by atomic mass is 9.93. The number of azo groups is 1. The molecule has 0 saturated carbocycles. The van der Waals surface area contributed by atoms with Crippen molar-refractivity contribution in [2.75, 3.05) is 21.9 Å². The van der Waals surface area contributed by atoms with Crippen LogP contribution in [0.2, 0.25) is 0 Å². The van der Waals surface area contributed by atoms with Crippen molar-refractivity contribution in [3.05, 3.63) is 22.7 Å². The van der Waals surface area contributed by atoms with Crippen LogP contribution in [0.5, 0.6) is 0 Å². The second-order valence-electron chi connectivity index (χ2n) is 9.47. The fourth-order valence-electron chi connectivity index (χ4n) is 4.26. The molecule has 10 nitrogen and oxygen atoms in total. The number of unbranched alkanes of at least 4 members (excludes halogenated alkanes) is 2. The highest BCUT2D eigenvalue weighted by atomic mass is 32.2. The van der Waals surface area contributed by atoms with Crippen molar-refractivity contribution in [1.29, 1.82) is 0 Å². The van der Waals surface area contributed by atoms with E-state index < -0.39 is 50.3 Å². The molecule has 0 amide bonds. The molecule has 1 atom stereocenters. The van der Waals surface area contributed by atoms with Crippen molar-refractivity contribution in [2.24, 2.45) is 10.2 Å². The molecule has 3 rings (SSSR count). The van der Waals surface area contributed by atoms with Gasteiger partial charge in [0.15, 0.2) is 5.75 Å². The molecule has 1 aromatic carbocycles. The first-order chi connectivity index (χ1) is 19.9. The second kappa shape index (κ2) is 13.2. The van der Waals surface area contributed by atoms with E-state index in [9.17, 15) is 48.3 Å². The zero-order chi connectivity index (χ0) is 32.2. The van der Waals surface area contributed by atoms with Gasteiger partial charge in [-0.1, -0.05) is 38.0 Å². The Morgan fingerprint density at radius 2 is 1.79 bits per heavy atom. The van der Waals surface area contributed by atoms with E-state index in [1.807, 2.05) is 18.6 Å². The number of halogens is 8. The van der Waals surface area contributed by atoms with Crippen molar-refractivity contribution in [3.63, 3.8) is 0 Å². The molecule has 2 heterocycles. The van der Waals surface area contributed by atoms with Gasteiger partial charge in [0, 0.05) is 18.3 Å². The lowest BCUT2D eigenvalue weighted by molar-refractivity contribution is -0.370. The summed E-state index contributed by atoms with van der Waals surface area (Å²) in [6.45, 7) is 4.62. The Labute approximate surface area is 244 Å². The number of nitrogens with one attached hydrogen (secondary N) is 1. The van der Waals surface area contributed by atoms with Crippen LogP contribution in [0.25, 0.3) is 0 Å². The van der Waals surface area contributed by atoms with Crippen molar-refractivity contribution >= 4 is 49.5 Å². The van der Waals surface area contributed by atoms with Gasteiger partial charge >= 0.3 is 24.4 Å². The van der Waals surface area contributed by atoms with Crippen LogP contribution in [-0.2, 0) is 21.2 Å². The van der Waals surface area contributed by atoms with E-state index in [0.717, 1.165) is 32.1 Å². The van der Waals surface area contributed by atoms with Gasteiger partial charge in [-0.15, -0.1) is 20.4 Å². The number of nitrogens with zero attached hydrogens (tertiary/aromatic N) is 5. The minimum Gasteiger partial charge on any atom is -0.388 e. The van der Waals surface area contributed by atoms with Crippen LogP contribution in [0.15, 0.2) is 22.4 Å². The molecule has 1 unspecified atom stereocenters. The van der Waals surface area contributed by atoms with Crippen molar-refractivity contribution < 1.29 is 53.1 Å². The third kappa shape index (κ3) is 9.16. The van der Waals surface area contributed by atoms with E-state index in [0.29, 0.717) is 24.2 Å². The molecule has 0 spiro atoms. The van der Waals surface area contributed by atoms with Gasteiger partial charge in [-0.2, -0.15) is 35.1 Å². The summed E-state index contributed by atoms with van der Waals surface area (Å²) in [5, 5.41) is 12.4. The van der Waals surface area contributed by atoms with Crippen LogP contribution < -0.4 is 9.62 Å². The first-order valence-corrected chi connectivity index (χ1v) is 15.3. The number of aromatic nitrogens is 2. The van der Waals surface area contributed by atoms with Gasteiger partial charge in [0.1, 0.15) is 5.69 Å². The van der Waals surface area contributed by atoms with Crippen LogP contribution in [0, 0.1) is 0 Å². The highest BCUT2D eigenvalue weighted by Gasteiger charge is 2.62. The Morgan fingerprint density at radius 3 is 2.40 bits per heavy atom. The summed E-state index contributed by atoms with van der Waals surface area (Å²) >= 11 is 0.129. The number of ether oxygens (including phenoxy) is 1. The molecule has 0 radical (unpaired) electrons. The summed E-state index contributed by atoms with van der Waals surface area (Å²) in [4.78, 5) is 13.8. The summed E-state index contributed by atoms with van der Waals surface area (Å²) < 4.78 is 132. The van der Waals surface area contributed by atoms with Crippen LogP contribution in [0.3, 0.4) is 0 Å². The zero-order valence-corrected chi connectivity index (χ0v) is 24.2. The molecule has 2 aromatic rings. The fraction of sp³-hybridized carbons (Fsp3) is 0.609. The van der Waals surface area contributed by atoms with Gasteiger partial charge in [-0.05, 0) is 43.4 Å².